The minimum Gasteiger partial charge on any atom is -0.294 e. The molecule has 0 amide bonds. The van der Waals surface area contributed by atoms with Gasteiger partial charge in [-0.2, -0.15) is 4.52 Å². The van der Waals surface area contributed by atoms with Crippen LogP contribution in [0.1, 0.15) is 40.4 Å². The quantitative estimate of drug-likeness (QED) is 0.364. The summed E-state index contributed by atoms with van der Waals surface area (Å²) in [5.41, 5.74) is 3.45. The van der Waals surface area contributed by atoms with Crippen LogP contribution in [0.4, 0.5) is 0 Å². The molecule has 0 unspecified atom stereocenters. The van der Waals surface area contributed by atoms with E-state index in [-0.39, 0.29) is 5.78 Å². The number of ketones is 1. The van der Waals surface area contributed by atoms with Gasteiger partial charge in [-0.25, -0.2) is 9.97 Å². The number of hydrogen-bond donors (Lipinski definition) is 0. The number of rotatable bonds is 7. The monoisotopic (exact) mass is 371 g/mol. The third kappa shape index (κ3) is 3.53. The van der Waals surface area contributed by atoms with E-state index in [1.54, 1.807) is 24.5 Å². The van der Waals surface area contributed by atoms with Crippen LogP contribution in [-0.2, 0) is 12.8 Å². The van der Waals surface area contributed by atoms with Crippen molar-refractivity contribution in [1.29, 1.82) is 0 Å². The minimum absolute atomic E-state index is 0.0395. The van der Waals surface area contributed by atoms with Gasteiger partial charge in [-0.1, -0.05) is 17.7 Å². The van der Waals surface area contributed by atoms with Crippen LogP contribution >= 0.6 is 0 Å². The number of hydrogen-bond acceptors (Lipinski definition) is 5. The fourth-order valence-corrected chi connectivity index (χ4v) is 3.22. The number of allylic oxidation sites excluding steroid dienone is 1. The number of Topliss-reactive ketones (excluding diaryl/α,β-unsaturated/α-hetero) is 1. The number of fused-ring (bicyclic) bond motifs is 3. The van der Waals surface area contributed by atoms with Crippen LogP contribution in [0.25, 0.3) is 16.6 Å². The van der Waals surface area contributed by atoms with Crippen molar-refractivity contribution in [2.45, 2.75) is 32.6 Å². The second-order valence-corrected chi connectivity index (χ2v) is 6.80. The summed E-state index contributed by atoms with van der Waals surface area (Å²) in [7, 11) is 0. The second-order valence-electron chi connectivity index (χ2n) is 6.80. The van der Waals surface area contributed by atoms with Crippen molar-refractivity contribution >= 4 is 22.3 Å². The van der Waals surface area contributed by atoms with Gasteiger partial charge >= 0.3 is 0 Å². The largest absolute Gasteiger partial charge is 0.294 e. The minimum atomic E-state index is 0.0395. The van der Waals surface area contributed by atoms with Gasteiger partial charge in [0.25, 0.3) is 0 Å². The molecule has 0 aliphatic carbocycles. The SMILES string of the molecule is C=CCCc1nc2ccc(C)cc2c2nc(CCC(=O)c3cccnc3)nn12. The normalized spacial score (nSPS) is 11.2. The molecule has 3 heterocycles. The summed E-state index contributed by atoms with van der Waals surface area (Å²) in [6.07, 6.45) is 7.49. The number of nitrogens with zero attached hydrogens (tertiary/aromatic N) is 5. The highest BCUT2D eigenvalue weighted by Crippen LogP contribution is 2.21. The molecule has 4 aromatic rings. The zero-order valence-corrected chi connectivity index (χ0v) is 15.8. The molecule has 0 N–H and O–H groups in total. The van der Waals surface area contributed by atoms with E-state index in [0.717, 1.165) is 40.8 Å². The number of carbonyl (C=O) groups is 1. The summed E-state index contributed by atoms with van der Waals surface area (Å²) in [5, 5.41) is 5.62. The standard InChI is InChI=1S/C22H21N5O/c1-3-4-7-21-24-18-9-8-15(2)13-17(18)22-25-20(26-27(21)22)11-10-19(28)16-6-5-12-23-14-16/h3,5-6,8-9,12-14H,1,4,7,10-11H2,2H3. The van der Waals surface area contributed by atoms with E-state index in [1.807, 2.05) is 29.6 Å². The first-order chi connectivity index (χ1) is 13.7. The van der Waals surface area contributed by atoms with Crippen LogP contribution in [0, 0.1) is 6.92 Å². The Balaban J connectivity index is 1.70. The number of carbonyl (C=O) groups excluding carboxylic acids is 1. The van der Waals surface area contributed by atoms with Crippen molar-refractivity contribution < 1.29 is 4.79 Å². The predicted octanol–water partition coefficient (Wildman–Crippen LogP) is 3.92. The van der Waals surface area contributed by atoms with E-state index in [9.17, 15) is 4.79 Å². The Kier molecular flexibility index (Phi) is 4.93. The predicted molar refractivity (Wildman–Crippen MR) is 108 cm³/mol. The molecule has 0 aliphatic rings. The van der Waals surface area contributed by atoms with Gasteiger partial charge in [-0.3, -0.25) is 9.78 Å². The van der Waals surface area contributed by atoms with Gasteiger partial charge in [-0.05, 0) is 37.6 Å². The molecule has 140 valence electrons. The van der Waals surface area contributed by atoms with E-state index in [0.29, 0.717) is 24.2 Å². The highest BCUT2D eigenvalue weighted by Gasteiger charge is 2.15. The Morgan fingerprint density at radius 1 is 1.21 bits per heavy atom. The number of aryl methyl sites for hydroxylation is 3. The zero-order valence-electron chi connectivity index (χ0n) is 15.8. The third-order valence-corrected chi connectivity index (χ3v) is 4.67. The summed E-state index contributed by atoms with van der Waals surface area (Å²) >= 11 is 0. The van der Waals surface area contributed by atoms with Gasteiger partial charge in [0.1, 0.15) is 5.82 Å². The lowest BCUT2D eigenvalue weighted by molar-refractivity contribution is 0.0982. The summed E-state index contributed by atoms with van der Waals surface area (Å²) in [5.74, 6) is 1.54. The molecule has 4 rings (SSSR count). The molecule has 1 aromatic carbocycles. The fraction of sp³-hybridized carbons (Fsp3) is 0.227. The molecule has 0 saturated heterocycles. The molecule has 0 fully saturated rings. The Morgan fingerprint density at radius 2 is 2.11 bits per heavy atom. The lowest BCUT2D eigenvalue weighted by Crippen LogP contribution is -2.05. The van der Waals surface area contributed by atoms with Gasteiger partial charge in [0.2, 0.25) is 0 Å². The smallest absolute Gasteiger partial charge is 0.167 e. The third-order valence-electron chi connectivity index (χ3n) is 4.67. The molecule has 6 heteroatoms. The molecule has 0 saturated carbocycles. The molecule has 28 heavy (non-hydrogen) atoms. The van der Waals surface area contributed by atoms with Crippen LogP contribution in [0.5, 0.6) is 0 Å². The number of aromatic nitrogens is 5. The Hall–Kier alpha value is -3.41. The van der Waals surface area contributed by atoms with Crippen molar-refractivity contribution in [3.8, 4) is 0 Å². The van der Waals surface area contributed by atoms with E-state index >= 15 is 0 Å². The van der Waals surface area contributed by atoms with E-state index in [2.05, 4.69) is 22.7 Å². The molecule has 3 aromatic heterocycles. The van der Waals surface area contributed by atoms with Crippen LogP contribution < -0.4 is 0 Å². The van der Waals surface area contributed by atoms with E-state index in [4.69, 9.17) is 9.97 Å². The molecular formula is C22H21N5O. The topological polar surface area (TPSA) is 73.0 Å². The fourth-order valence-electron chi connectivity index (χ4n) is 3.22. The van der Waals surface area contributed by atoms with Gasteiger partial charge in [0.15, 0.2) is 17.3 Å². The first kappa shape index (κ1) is 18.0. The maximum atomic E-state index is 12.4. The highest BCUT2D eigenvalue weighted by molar-refractivity contribution is 5.96. The maximum Gasteiger partial charge on any atom is 0.167 e. The molecule has 0 aliphatic heterocycles. The van der Waals surface area contributed by atoms with Gasteiger partial charge in [-0.15, -0.1) is 11.7 Å². The number of pyridine rings is 1. The van der Waals surface area contributed by atoms with Crippen molar-refractivity contribution in [2.75, 3.05) is 0 Å². The lowest BCUT2D eigenvalue weighted by atomic mass is 10.1. The molecule has 0 radical (unpaired) electrons. The highest BCUT2D eigenvalue weighted by atomic mass is 16.1. The summed E-state index contributed by atoms with van der Waals surface area (Å²) in [4.78, 5) is 25.9. The van der Waals surface area contributed by atoms with Crippen molar-refractivity contribution in [2.24, 2.45) is 0 Å². The molecule has 0 spiro atoms. The zero-order chi connectivity index (χ0) is 19.5. The van der Waals surface area contributed by atoms with Crippen molar-refractivity contribution in [3.05, 3.63) is 78.2 Å². The van der Waals surface area contributed by atoms with E-state index in [1.165, 1.54) is 0 Å². The molecular weight excluding hydrogens is 350 g/mol. The maximum absolute atomic E-state index is 12.4. The Bertz CT molecular complexity index is 1160. The average Bonchev–Trinajstić information content (AvgIpc) is 3.16. The van der Waals surface area contributed by atoms with E-state index < -0.39 is 0 Å². The molecule has 0 bridgehead atoms. The Labute approximate surface area is 163 Å². The van der Waals surface area contributed by atoms with Gasteiger partial charge < -0.3 is 0 Å². The molecule has 0 atom stereocenters. The molecule has 6 nitrogen and oxygen atoms in total. The number of benzene rings is 1. The lowest BCUT2D eigenvalue weighted by Gasteiger charge is -2.06. The first-order valence-electron chi connectivity index (χ1n) is 9.34. The van der Waals surface area contributed by atoms with Crippen LogP contribution in [-0.4, -0.2) is 30.3 Å². The average molecular weight is 371 g/mol. The van der Waals surface area contributed by atoms with Crippen LogP contribution in [0.3, 0.4) is 0 Å². The second kappa shape index (κ2) is 7.68. The van der Waals surface area contributed by atoms with Crippen molar-refractivity contribution in [3.63, 3.8) is 0 Å². The van der Waals surface area contributed by atoms with Crippen LogP contribution in [0.15, 0.2) is 55.4 Å². The van der Waals surface area contributed by atoms with Gasteiger partial charge in [0, 0.05) is 42.6 Å². The summed E-state index contributed by atoms with van der Waals surface area (Å²) in [6, 6.07) is 9.69. The Morgan fingerprint density at radius 3 is 2.89 bits per heavy atom. The summed E-state index contributed by atoms with van der Waals surface area (Å²) < 4.78 is 1.81. The van der Waals surface area contributed by atoms with Gasteiger partial charge in [0.05, 0.1) is 5.52 Å². The first-order valence-corrected chi connectivity index (χ1v) is 9.34. The van der Waals surface area contributed by atoms with Crippen LogP contribution in [0.2, 0.25) is 0 Å². The summed E-state index contributed by atoms with van der Waals surface area (Å²) in [6.45, 7) is 5.84. The van der Waals surface area contributed by atoms with Crippen molar-refractivity contribution in [1.82, 2.24) is 24.6 Å².